The molecule has 2 aliphatic rings. The van der Waals surface area contributed by atoms with Gasteiger partial charge in [0.15, 0.2) is 0 Å². The molecule has 3 rings (SSSR count). The topological polar surface area (TPSA) is 35.2 Å². The van der Waals surface area contributed by atoms with E-state index in [2.05, 4.69) is 24.3 Å². The largest absolute Gasteiger partial charge is 0.378 e. The first kappa shape index (κ1) is 13.1. The molecule has 1 saturated heterocycles. The first-order chi connectivity index (χ1) is 9.34. The van der Waals surface area contributed by atoms with Gasteiger partial charge >= 0.3 is 0 Å². The Kier molecular flexibility index (Phi) is 4.19. The Bertz CT molecular complexity index is 411. The number of fused-ring (bicyclic) bond motifs is 1. The highest BCUT2D eigenvalue weighted by Crippen LogP contribution is 2.35. The summed E-state index contributed by atoms with van der Waals surface area (Å²) in [4.78, 5) is 0. The van der Waals surface area contributed by atoms with Gasteiger partial charge in [-0.2, -0.15) is 0 Å². The van der Waals surface area contributed by atoms with Gasteiger partial charge in [0.2, 0.25) is 0 Å². The SMILES string of the molecule is NC(CCC1CCCO1)C1CCCc2ccccc21. The standard InChI is InChI=1S/C17H25NO/c18-17(11-10-14-7-4-12-19-14)16-9-3-6-13-5-1-2-8-15(13)16/h1-2,5,8,14,16-17H,3-4,6-7,9-12,18H2. The fraction of sp³-hybridized carbons (Fsp3) is 0.647. The molecule has 1 aliphatic carbocycles. The molecule has 2 nitrogen and oxygen atoms in total. The summed E-state index contributed by atoms with van der Waals surface area (Å²) < 4.78 is 5.70. The molecule has 0 spiro atoms. The summed E-state index contributed by atoms with van der Waals surface area (Å²) in [6.07, 6.45) is 8.94. The lowest BCUT2D eigenvalue weighted by Crippen LogP contribution is -2.31. The third-order valence-corrected chi connectivity index (χ3v) is 4.78. The van der Waals surface area contributed by atoms with Crippen molar-refractivity contribution in [3.8, 4) is 0 Å². The average Bonchev–Trinajstić information content (AvgIpc) is 2.97. The third-order valence-electron chi connectivity index (χ3n) is 4.78. The second-order valence-corrected chi connectivity index (χ2v) is 6.07. The Hall–Kier alpha value is -0.860. The van der Waals surface area contributed by atoms with Crippen LogP contribution in [-0.4, -0.2) is 18.8 Å². The van der Waals surface area contributed by atoms with Crippen LogP contribution in [0.25, 0.3) is 0 Å². The van der Waals surface area contributed by atoms with Gasteiger partial charge in [0, 0.05) is 12.6 Å². The smallest absolute Gasteiger partial charge is 0.0576 e. The highest BCUT2D eigenvalue weighted by atomic mass is 16.5. The van der Waals surface area contributed by atoms with Gasteiger partial charge in [0.1, 0.15) is 0 Å². The Morgan fingerprint density at radius 1 is 1.21 bits per heavy atom. The molecule has 3 atom stereocenters. The predicted molar refractivity (Wildman–Crippen MR) is 78.3 cm³/mol. The van der Waals surface area contributed by atoms with Gasteiger partial charge in [-0.15, -0.1) is 0 Å². The number of benzene rings is 1. The van der Waals surface area contributed by atoms with Crippen LogP contribution in [0.1, 0.15) is 55.6 Å². The molecule has 2 heteroatoms. The number of hydrogen-bond acceptors (Lipinski definition) is 2. The van der Waals surface area contributed by atoms with Gasteiger partial charge in [0.25, 0.3) is 0 Å². The van der Waals surface area contributed by atoms with E-state index in [0.29, 0.717) is 18.1 Å². The Balaban J connectivity index is 1.62. The van der Waals surface area contributed by atoms with Gasteiger partial charge in [0.05, 0.1) is 6.10 Å². The summed E-state index contributed by atoms with van der Waals surface area (Å²) in [7, 11) is 0. The zero-order chi connectivity index (χ0) is 13.1. The molecule has 1 fully saturated rings. The van der Waals surface area contributed by atoms with Crippen molar-refractivity contribution in [1.82, 2.24) is 0 Å². The Morgan fingerprint density at radius 3 is 2.95 bits per heavy atom. The molecule has 0 radical (unpaired) electrons. The van der Waals surface area contributed by atoms with Crippen LogP contribution in [-0.2, 0) is 11.2 Å². The van der Waals surface area contributed by atoms with E-state index in [9.17, 15) is 0 Å². The van der Waals surface area contributed by atoms with E-state index in [1.54, 1.807) is 0 Å². The van der Waals surface area contributed by atoms with Crippen molar-refractivity contribution in [2.45, 2.75) is 63.0 Å². The summed E-state index contributed by atoms with van der Waals surface area (Å²) in [6.45, 7) is 0.951. The molecule has 0 amide bonds. The summed E-state index contributed by atoms with van der Waals surface area (Å²) >= 11 is 0. The quantitative estimate of drug-likeness (QED) is 0.899. The van der Waals surface area contributed by atoms with Crippen LogP contribution in [0.3, 0.4) is 0 Å². The van der Waals surface area contributed by atoms with E-state index in [1.165, 1.54) is 43.2 Å². The number of rotatable bonds is 4. The minimum Gasteiger partial charge on any atom is -0.378 e. The van der Waals surface area contributed by atoms with Gasteiger partial charge in [-0.25, -0.2) is 0 Å². The fourth-order valence-electron chi connectivity index (χ4n) is 3.69. The highest BCUT2D eigenvalue weighted by molar-refractivity contribution is 5.33. The summed E-state index contributed by atoms with van der Waals surface area (Å²) in [5.74, 6) is 0.561. The normalized spacial score (nSPS) is 28.1. The van der Waals surface area contributed by atoms with E-state index in [1.807, 2.05) is 0 Å². The molecule has 1 aromatic rings. The van der Waals surface area contributed by atoms with Crippen LogP contribution >= 0.6 is 0 Å². The predicted octanol–water partition coefficient (Wildman–Crippen LogP) is 3.39. The maximum Gasteiger partial charge on any atom is 0.0576 e. The van der Waals surface area contributed by atoms with Gasteiger partial charge in [-0.1, -0.05) is 24.3 Å². The molecule has 1 heterocycles. The van der Waals surface area contributed by atoms with E-state index in [-0.39, 0.29) is 0 Å². The maximum absolute atomic E-state index is 6.49. The van der Waals surface area contributed by atoms with Crippen molar-refractivity contribution >= 4 is 0 Å². The number of ether oxygens (including phenoxy) is 1. The molecule has 0 saturated carbocycles. The van der Waals surface area contributed by atoms with Crippen LogP contribution in [0, 0.1) is 0 Å². The van der Waals surface area contributed by atoms with E-state index in [4.69, 9.17) is 10.5 Å². The van der Waals surface area contributed by atoms with Crippen molar-refractivity contribution in [3.63, 3.8) is 0 Å². The fourth-order valence-corrected chi connectivity index (χ4v) is 3.69. The van der Waals surface area contributed by atoms with Crippen LogP contribution in [0.4, 0.5) is 0 Å². The van der Waals surface area contributed by atoms with Crippen LogP contribution in [0.15, 0.2) is 24.3 Å². The zero-order valence-electron chi connectivity index (χ0n) is 11.7. The maximum atomic E-state index is 6.49. The number of nitrogens with two attached hydrogens (primary N) is 1. The lowest BCUT2D eigenvalue weighted by atomic mass is 9.77. The first-order valence-electron chi connectivity index (χ1n) is 7.79. The van der Waals surface area contributed by atoms with Crippen LogP contribution in [0.2, 0.25) is 0 Å². The van der Waals surface area contributed by atoms with Crippen molar-refractivity contribution in [1.29, 1.82) is 0 Å². The summed E-state index contributed by atoms with van der Waals surface area (Å²) in [6, 6.07) is 9.16. The van der Waals surface area contributed by atoms with Gasteiger partial charge < -0.3 is 10.5 Å². The number of aryl methyl sites for hydroxylation is 1. The molecule has 0 bridgehead atoms. The number of hydrogen-bond donors (Lipinski definition) is 1. The monoisotopic (exact) mass is 259 g/mol. The summed E-state index contributed by atoms with van der Waals surface area (Å²) in [5.41, 5.74) is 9.51. The van der Waals surface area contributed by atoms with Crippen molar-refractivity contribution < 1.29 is 4.74 Å². The van der Waals surface area contributed by atoms with Crippen molar-refractivity contribution in [3.05, 3.63) is 35.4 Å². The highest BCUT2D eigenvalue weighted by Gasteiger charge is 2.26. The van der Waals surface area contributed by atoms with E-state index >= 15 is 0 Å². The molecule has 2 N–H and O–H groups in total. The lowest BCUT2D eigenvalue weighted by molar-refractivity contribution is 0.0997. The van der Waals surface area contributed by atoms with E-state index < -0.39 is 0 Å². The minimum atomic E-state index is 0.297. The lowest BCUT2D eigenvalue weighted by Gasteiger charge is -2.30. The van der Waals surface area contributed by atoms with Gasteiger partial charge in [-0.3, -0.25) is 0 Å². The first-order valence-corrected chi connectivity index (χ1v) is 7.79. The molecular formula is C17H25NO. The molecule has 1 aromatic carbocycles. The minimum absolute atomic E-state index is 0.297. The molecule has 1 aliphatic heterocycles. The van der Waals surface area contributed by atoms with Crippen molar-refractivity contribution in [2.24, 2.45) is 5.73 Å². The molecule has 104 valence electrons. The van der Waals surface area contributed by atoms with Gasteiger partial charge in [-0.05, 0) is 62.0 Å². The third kappa shape index (κ3) is 3.01. The second-order valence-electron chi connectivity index (χ2n) is 6.07. The Morgan fingerprint density at radius 2 is 2.11 bits per heavy atom. The summed E-state index contributed by atoms with van der Waals surface area (Å²) in [5, 5.41) is 0. The van der Waals surface area contributed by atoms with Crippen molar-refractivity contribution in [2.75, 3.05) is 6.61 Å². The average molecular weight is 259 g/mol. The Labute approximate surface area is 116 Å². The molecular weight excluding hydrogens is 234 g/mol. The van der Waals surface area contributed by atoms with E-state index in [0.717, 1.165) is 19.4 Å². The molecule has 0 aromatic heterocycles. The zero-order valence-corrected chi connectivity index (χ0v) is 11.7. The van der Waals surface area contributed by atoms with Crippen LogP contribution in [0.5, 0.6) is 0 Å². The second kappa shape index (κ2) is 6.06. The molecule has 19 heavy (non-hydrogen) atoms. The molecule has 3 unspecified atom stereocenters. The van der Waals surface area contributed by atoms with Crippen LogP contribution < -0.4 is 5.73 Å².